The van der Waals surface area contributed by atoms with Crippen LogP contribution in [0.15, 0.2) is 47.4 Å². The Hall–Kier alpha value is -1.94. The highest BCUT2D eigenvalue weighted by Crippen LogP contribution is 2.23. The molecule has 2 rings (SSSR count). The van der Waals surface area contributed by atoms with Gasteiger partial charge in [0.15, 0.2) is 0 Å². The van der Waals surface area contributed by atoms with E-state index in [1.807, 2.05) is 13.8 Å². The van der Waals surface area contributed by atoms with E-state index in [0.29, 0.717) is 11.3 Å². The van der Waals surface area contributed by atoms with Gasteiger partial charge in [-0.3, -0.25) is 0 Å². The van der Waals surface area contributed by atoms with Crippen LogP contribution in [0.2, 0.25) is 0 Å². The molecule has 2 aromatic rings. The zero-order valence-electron chi connectivity index (χ0n) is 18.0. The van der Waals surface area contributed by atoms with E-state index in [2.05, 4.69) is 9.44 Å². The predicted octanol–water partition coefficient (Wildman–Crippen LogP) is 3.09. The zero-order chi connectivity index (χ0) is 22.5. The van der Waals surface area contributed by atoms with E-state index in [1.165, 1.54) is 6.07 Å². The lowest BCUT2D eigenvalue weighted by Gasteiger charge is -2.14. The molecule has 0 fully saturated rings. The van der Waals surface area contributed by atoms with Crippen LogP contribution in [0.4, 0.5) is 0 Å². The highest BCUT2D eigenvalue weighted by Gasteiger charge is 2.16. The van der Waals surface area contributed by atoms with Crippen molar-refractivity contribution in [2.75, 3.05) is 0 Å². The maximum absolute atomic E-state index is 12.6. The second-order valence-electron chi connectivity index (χ2n) is 7.77. The number of nitrogens with one attached hydrogen (secondary N) is 2. The van der Waals surface area contributed by atoms with Crippen LogP contribution in [0.1, 0.15) is 44.4 Å². The van der Waals surface area contributed by atoms with E-state index in [-0.39, 0.29) is 29.3 Å². The SMILES string of the molecule is Cc1cc(S(=O)(=O)NCc2ccc(CS(=O)(=O)NC(C)C)cc2)ccc1OC(C)C. The van der Waals surface area contributed by atoms with Crippen molar-refractivity contribution in [2.24, 2.45) is 0 Å². The smallest absolute Gasteiger partial charge is 0.240 e. The normalized spacial score (nSPS) is 12.5. The van der Waals surface area contributed by atoms with Gasteiger partial charge >= 0.3 is 0 Å². The molecule has 0 unspecified atom stereocenters. The van der Waals surface area contributed by atoms with Gasteiger partial charge < -0.3 is 4.74 Å². The number of hydrogen-bond acceptors (Lipinski definition) is 5. The van der Waals surface area contributed by atoms with Gasteiger partial charge in [-0.15, -0.1) is 0 Å². The summed E-state index contributed by atoms with van der Waals surface area (Å²) in [7, 11) is -7.10. The second kappa shape index (κ2) is 9.91. The maximum atomic E-state index is 12.6. The van der Waals surface area contributed by atoms with E-state index >= 15 is 0 Å². The average Bonchev–Trinajstić information content (AvgIpc) is 2.61. The summed E-state index contributed by atoms with van der Waals surface area (Å²) < 4.78 is 60.0. The minimum absolute atomic E-state index is 0.00314. The van der Waals surface area contributed by atoms with Crippen molar-refractivity contribution in [3.8, 4) is 5.75 Å². The molecule has 2 N–H and O–H groups in total. The maximum Gasteiger partial charge on any atom is 0.240 e. The fourth-order valence-corrected chi connectivity index (χ4v) is 5.35. The number of hydrogen-bond donors (Lipinski definition) is 2. The molecular formula is C21H30N2O5S2. The van der Waals surface area contributed by atoms with E-state index in [9.17, 15) is 16.8 Å². The molecule has 0 atom stereocenters. The fraction of sp³-hybridized carbons (Fsp3) is 0.429. The Labute approximate surface area is 180 Å². The van der Waals surface area contributed by atoms with Gasteiger partial charge in [0.25, 0.3) is 0 Å². The Balaban J connectivity index is 2.03. The highest BCUT2D eigenvalue weighted by molar-refractivity contribution is 7.89. The van der Waals surface area contributed by atoms with Crippen LogP contribution in [0.5, 0.6) is 5.75 Å². The summed E-state index contributed by atoms with van der Waals surface area (Å²) in [6.07, 6.45) is 0.00314. The lowest BCUT2D eigenvalue weighted by atomic mass is 10.1. The first-order chi connectivity index (χ1) is 13.9. The summed E-state index contributed by atoms with van der Waals surface area (Å²) in [4.78, 5) is 0.165. The first kappa shape index (κ1) is 24.3. The van der Waals surface area contributed by atoms with E-state index < -0.39 is 20.0 Å². The molecule has 9 heteroatoms. The molecule has 2 aromatic carbocycles. The molecule has 0 bridgehead atoms. The summed E-state index contributed by atoms with van der Waals surface area (Å²) in [6, 6.07) is 11.4. The molecule has 0 aliphatic rings. The molecule has 166 valence electrons. The Morgan fingerprint density at radius 1 is 0.900 bits per heavy atom. The van der Waals surface area contributed by atoms with Crippen LogP contribution in [0.3, 0.4) is 0 Å². The summed E-state index contributed by atoms with van der Waals surface area (Å²) in [5.41, 5.74) is 2.10. The van der Waals surface area contributed by atoms with Gasteiger partial charge in [0.2, 0.25) is 20.0 Å². The van der Waals surface area contributed by atoms with Gasteiger partial charge in [0.05, 0.1) is 16.8 Å². The predicted molar refractivity (Wildman–Crippen MR) is 118 cm³/mol. The number of aryl methyl sites for hydroxylation is 1. The van der Waals surface area contributed by atoms with Crippen molar-refractivity contribution in [3.05, 3.63) is 59.2 Å². The molecule has 30 heavy (non-hydrogen) atoms. The van der Waals surface area contributed by atoms with Crippen molar-refractivity contribution in [3.63, 3.8) is 0 Å². The molecule has 0 saturated heterocycles. The van der Waals surface area contributed by atoms with Crippen LogP contribution in [-0.2, 0) is 32.3 Å². The average molecular weight is 455 g/mol. The lowest BCUT2D eigenvalue weighted by Crippen LogP contribution is -2.31. The Kier molecular flexibility index (Phi) is 8.04. The zero-order valence-corrected chi connectivity index (χ0v) is 19.6. The van der Waals surface area contributed by atoms with Crippen LogP contribution < -0.4 is 14.2 Å². The molecule has 0 saturated carbocycles. The third-order valence-electron chi connectivity index (χ3n) is 4.08. The topological polar surface area (TPSA) is 102 Å². The molecule has 0 radical (unpaired) electrons. The fourth-order valence-electron chi connectivity index (χ4n) is 2.81. The van der Waals surface area contributed by atoms with Crippen molar-refractivity contribution in [1.82, 2.24) is 9.44 Å². The Morgan fingerprint density at radius 2 is 1.50 bits per heavy atom. The Morgan fingerprint density at radius 3 is 2.03 bits per heavy atom. The van der Waals surface area contributed by atoms with Crippen LogP contribution >= 0.6 is 0 Å². The monoisotopic (exact) mass is 454 g/mol. The van der Waals surface area contributed by atoms with E-state index in [1.54, 1.807) is 57.2 Å². The van der Waals surface area contributed by atoms with Gasteiger partial charge in [0, 0.05) is 12.6 Å². The Bertz CT molecular complexity index is 1060. The van der Waals surface area contributed by atoms with Gasteiger partial charge in [-0.1, -0.05) is 24.3 Å². The first-order valence-corrected chi connectivity index (χ1v) is 12.9. The van der Waals surface area contributed by atoms with Crippen molar-refractivity contribution >= 4 is 20.0 Å². The molecular weight excluding hydrogens is 424 g/mol. The minimum atomic E-state index is -3.69. The number of benzene rings is 2. The molecule has 0 heterocycles. The summed E-state index contributed by atoms with van der Waals surface area (Å²) in [5.74, 6) is 0.530. The molecule has 0 spiro atoms. The van der Waals surface area contributed by atoms with Gasteiger partial charge in [-0.2, -0.15) is 0 Å². The third-order valence-corrected chi connectivity index (χ3v) is 7.02. The molecule has 0 aromatic heterocycles. The standard InChI is InChI=1S/C21H30N2O5S2/c1-15(2)23-29(24,25)14-19-8-6-18(7-9-19)13-22-30(26,27)20-10-11-21(17(5)12-20)28-16(3)4/h6-12,15-16,22-23H,13-14H2,1-5H3. The lowest BCUT2D eigenvalue weighted by molar-refractivity contribution is 0.240. The number of sulfonamides is 2. The molecule has 7 nitrogen and oxygen atoms in total. The first-order valence-electron chi connectivity index (χ1n) is 9.73. The van der Waals surface area contributed by atoms with Gasteiger partial charge in [0.1, 0.15) is 5.75 Å². The van der Waals surface area contributed by atoms with Crippen LogP contribution in [0, 0.1) is 6.92 Å². The second-order valence-corrected chi connectivity index (χ2v) is 11.3. The molecule has 0 aliphatic carbocycles. The van der Waals surface area contributed by atoms with E-state index in [0.717, 1.165) is 11.1 Å². The quantitative estimate of drug-likeness (QED) is 0.574. The minimum Gasteiger partial charge on any atom is -0.491 e. The van der Waals surface area contributed by atoms with Crippen molar-refractivity contribution in [1.29, 1.82) is 0 Å². The summed E-state index contributed by atoms with van der Waals surface area (Å²) in [5, 5.41) is 0. The van der Waals surface area contributed by atoms with Gasteiger partial charge in [-0.05, 0) is 69.5 Å². The number of ether oxygens (including phenoxy) is 1. The van der Waals surface area contributed by atoms with Crippen LogP contribution in [0.25, 0.3) is 0 Å². The molecule has 0 amide bonds. The summed E-state index contributed by atoms with van der Waals surface area (Å²) in [6.45, 7) is 9.25. The van der Waals surface area contributed by atoms with Crippen molar-refractivity contribution in [2.45, 2.75) is 64.0 Å². The summed E-state index contributed by atoms with van der Waals surface area (Å²) >= 11 is 0. The third kappa shape index (κ3) is 7.39. The van der Waals surface area contributed by atoms with E-state index in [4.69, 9.17) is 4.74 Å². The van der Waals surface area contributed by atoms with Crippen LogP contribution in [-0.4, -0.2) is 29.0 Å². The largest absolute Gasteiger partial charge is 0.491 e. The number of rotatable bonds is 10. The van der Waals surface area contributed by atoms with Gasteiger partial charge in [-0.25, -0.2) is 26.3 Å². The van der Waals surface area contributed by atoms with Crippen molar-refractivity contribution < 1.29 is 21.6 Å². The molecule has 0 aliphatic heterocycles. The highest BCUT2D eigenvalue weighted by atomic mass is 32.2.